The molecule has 0 radical (unpaired) electrons. The molecule has 120 valence electrons. The molecule has 23 heavy (non-hydrogen) atoms. The fourth-order valence-electron chi connectivity index (χ4n) is 2.63. The third-order valence-electron chi connectivity index (χ3n) is 3.74. The molecular weight excluding hydrogens is 316 g/mol. The Kier molecular flexibility index (Phi) is 4.31. The van der Waals surface area contributed by atoms with E-state index >= 15 is 0 Å². The minimum atomic E-state index is -0.558. The fourth-order valence-corrected chi connectivity index (χ4v) is 3.45. The molecule has 1 aliphatic rings. The maximum atomic E-state index is 12.8. The number of primary amides is 1. The first-order valence-electron chi connectivity index (χ1n) is 7.15. The summed E-state index contributed by atoms with van der Waals surface area (Å²) in [4.78, 5) is 26.3. The highest BCUT2D eigenvalue weighted by atomic mass is 32.1. The lowest BCUT2D eigenvalue weighted by Crippen LogP contribution is -2.37. The van der Waals surface area contributed by atoms with Crippen LogP contribution >= 0.6 is 11.3 Å². The Morgan fingerprint density at radius 1 is 1.26 bits per heavy atom. The van der Waals surface area contributed by atoms with E-state index < -0.39 is 11.9 Å². The van der Waals surface area contributed by atoms with Crippen molar-refractivity contribution >= 4 is 23.2 Å². The molecule has 2 heterocycles. The average Bonchev–Trinajstić information content (AvgIpc) is 2.97. The maximum Gasteiger partial charge on any atom is 0.264 e. The van der Waals surface area contributed by atoms with Crippen LogP contribution in [0, 0.1) is 0 Å². The van der Waals surface area contributed by atoms with Crippen LogP contribution in [0.1, 0.15) is 30.9 Å². The van der Waals surface area contributed by atoms with Crippen LogP contribution in [0.25, 0.3) is 0 Å². The van der Waals surface area contributed by atoms with Gasteiger partial charge in [-0.3, -0.25) is 9.59 Å². The minimum Gasteiger partial charge on any atom is -0.491 e. The molecule has 2 aromatic rings. The Balaban J connectivity index is 1.94. The van der Waals surface area contributed by atoms with Crippen molar-refractivity contribution < 1.29 is 19.4 Å². The zero-order chi connectivity index (χ0) is 16.4. The molecule has 1 atom stereocenters. The van der Waals surface area contributed by atoms with Gasteiger partial charge in [-0.2, -0.15) is 0 Å². The van der Waals surface area contributed by atoms with E-state index in [0.717, 1.165) is 16.9 Å². The number of carbonyl (C=O) groups excluding carboxylic acids is 2. The van der Waals surface area contributed by atoms with Crippen LogP contribution in [0.4, 0.5) is 0 Å². The molecule has 0 bridgehead atoms. The van der Waals surface area contributed by atoms with Crippen LogP contribution in [-0.4, -0.2) is 41.6 Å². The topological polar surface area (TPSA) is 92.9 Å². The second-order valence-corrected chi connectivity index (χ2v) is 6.20. The molecule has 3 rings (SSSR count). The van der Waals surface area contributed by atoms with Gasteiger partial charge in [-0.15, -0.1) is 11.3 Å². The first-order valence-corrected chi connectivity index (χ1v) is 7.96. The van der Waals surface area contributed by atoms with E-state index in [4.69, 9.17) is 10.5 Å². The van der Waals surface area contributed by atoms with Crippen molar-refractivity contribution in [2.45, 2.75) is 6.04 Å². The van der Waals surface area contributed by atoms with Gasteiger partial charge < -0.3 is 20.5 Å². The summed E-state index contributed by atoms with van der Waals surface area (Å²) in [6.07, 6.45) is 0. The average molecular weight is 332 g/mol. The lowest BCUT2D eigenvalue weighted by Gasteiger charge is -2.28. The summed E-state index contributed by atoms with van der Waals surface area (Å²) >= 11 is 1.06. The summed E-state index contributed by atoms with van der Waals surface area (Å²) in [5.41, 5.74) is 6.00. The molecular formula is C16H16N2O4S. The zero-order valence-electron chi connectivity index (χ0n) is 12.3. The van der Waals surface area contributed by atoms with Gasteiger partial charge in [-0.1, -0.05) is 18.2 Å². The smallest absolute Gasteiger partial charge is 0.264 e. The van der Waals surface area contributed by atoms with Crippen molar-refractivity contribution in [2.75, 3.05) is 19.8 Å². The highest BCUT2D eigenvalue weighted by Crippen LogP contribution is 2.33. The Bertz CT molecular complexity index is 743. The van der Waals surface area contributed by atoms with Gasteiger partial charge in [-0.05, 0) is 18.2 Å². The molecule has 7 heteroatoms. The van der Waals surface area contributed by atoms with Gasteiger partial charge in [0.2, 0.25) is 0 Å². The van der Waals surface area contributed by atoms with Crippen LogP contribution in [0.15, 0.2) is 36.4 Å². The molecule has 6 nitrogen and oxygen atoms in total. The Labute approximate surface area is 137 Å². The van der Waals surface area contributed by atoms with Crippen molar-refractivity contribution in [3.63, 3.8) is 0 Å². The van der Waals surface area contributed by atoms with E-state index in [0.29, 0.717) is 28.7 Å². The van der Waals surface area contributed by atoms with Crippen LogP contribution in [-0.2, 0) is 0 Å². The summed E-state index contributed by atoms with van der Waals surface area (Å²) < 4.78 is 5.66. The predicted molar refractivity (Wildman–Crippen MR) is 85.6 cm³/mol. The monoisotopic (exact) mass is 332 g/mol. The minimum absolute atomic E-state index is 0.208. The summed E-state index contributed by atoms with van der Waals surface area (Å²) in [5, 5.41) is 9.80. The summed E-state index contributed by atoms with van der Waals surface area (Å²) in [6, 6.07) is 9.99. The van der Waals surface area contributed by atoms with Gasteiger partial charge >= 0.3 is 0 Å². The van der Waals surface area contributed by atoms with Crippen LogP contribution in [0.2, 0.25) is 0 Å². The van der Waals surface area contributed by atoms with Gasteiger partial charge in [0.1, 0.15) is 12.4 Å². The van der Waals surface area contributed by atoms with Crippen molar-refractivity contribution in [2.24, 2.45) is 5.73 Å². The number of nitrogens with two attached hydrogens (primary N) is 1. The van der Waals surface area contributed by atoms with Gasteiger partial charge in [0.25, 0.3) is 11.8 Å². The first kappa shape index (κ1) is 15.5. The van der Waals surface area contributed by atoms with Gasteiger partial charge in [0.05, 0.1) is 28.9 Å². The molecule has 1 aromatic carbocycles. The molecule has 0 fully saturated rings. The second kappa shape index (κ2) is 6.39. The molecule has 1 aromatic heterocycles. The lowest BCUT2D eigenvalue weighted by molar-refractivity contribution is 0.0590. The number of benzene rings is 1. The molecule has 2 amide bonds. The van der Waals surface area contributed by atoms with E-state index in [9.17, 15) is 14.7 Å². The quantitative estimate of drug-likeness (QED) is 0.889. The van der Waals surface area contributed by atoms with E-state index in [-0.39, 0.29) is 12.5 Å². The number of carbonyl (C=O) groups is 2. The number of hydrogen-bond donors (Lipinski definition) is 2. The Morgan fingerprint density at radius 2 is 2.00 bits per heavy atom. The largest absolute Gasteiger partial charge is 0.491 e. The third-order valence-corrected chi connectivity index (χ3v) is 4.83. The highest BCUT2D eigenvalue weighted by Gasteiger charge is 2.30. The van der Waals surface area contributed by atoms with Gasteiger partial charge in [-0.25, -0.2) is 0 Å². The second-order valence-electron chi connectivity index (χ2n) is 5.11. The number of nitrogens with zero attached hydrogens (tertiary/aromatic N) is 1. The number of para-hydroxylation sites is 1. The predicted octanol–water partition coefficient (Wildman–Crippen LogP) is 1.42. The van der Waals surface area contributed by atoms with Crippen molar-refractivity contribution in [3.05, 3.63) is 51.7 Å². The van der Waals surface area contributed by atoms with E-state index in [1.54, 1.807) is 11.0 Å². The number of fused-ring (bicyclic) bond motifs is 1. The maximum absolute atomic E-state index is 12.8. The normalized spacial score (nSPS) is 17.1. The van der Waals surface area contributed by atoms with Crippen LogP contribution < -0.4 is 10.5 Å². The van der Waals surface area contributed by atoms with Crippen LogP contribution in [0.5, 0.6) is 5.75 Å². The highest BCUT2D eigenvalue weighted by molar-refractivity contribution is 7.15. The van der Waals surface area contributed by atoms with Gasteiger partial charge in [0, 0.05) is 5.56 Å². The lowest BCUT2D eigenvalue weighted by atomic mass is 10.0. The zero-order valence-corrected chi connectivity index (χ0v) is 13.1. The van der Waals surface area contributed by atoms with Crippen LogP contribution in [0.3, 0.4) is 0 Å². The number of thiophene rings is 1. The molecule has 0 saturated carbocycles. The number of hydrogen-bond acceptors (Lipinski definition) is 5. The van der Waals surface area contributed by atoms with Crippen molar-refractivity contribution in [3.8, 4) is 5.75 Å². The Morgan fingerprint density at radius 3 is 2.70 bits per heavy atom. The third kappa shape index (κ3) is 2.93. The molecule has 0 saturated heterocycles. The van der Waals surface area contributed by atoms with Crippen molar-refractivity contribution in [1.82, 2.24) is 4.90 Å². The molecule has 0 aliphatic carbocycles. The number of amides is 2. The molecule has 1 unspecified atom stereocenters. The fraction of sp³-hybridized carbons (Fsp3) is 0.250. The summed E-state index contributed by atoms with van der Waals surface area (Å²) in [6.45, 7) is 0.482. The molecule has 1 aliphatic heterocycles. The Hall–Kier alpha value is -2.38. The number of rotatable bonds is 3. The summed E-state index contributed by atoms with van der Waals surface area (Å²) in [7, 11) is 0. The van der Waals surface area contributed by atoms with E-state index in [1.807, 2.05) is 24.3 Å². The standard InChI is InChI=1S/C16H16N2O4S/c17-15(20)13-5-6-14(23-13)16(21)18-7-8-22-12-4-2-1-3-10(12)11(18)9-19/h1-6,11,19H,7-9H2,(H2,17,20). The SMILES string of the molecule is NC(=O)c1ccc(C(=O)N2CCOc3ccccc3C2CO)s1. The summed E-state index contributed by atoms with van der Waals surface area (Å²) in [5.74, 6) is -0.134. The van der Waals surface area contributed by atoms with Gasteiger partial charge in [0.15, 0.2) is 0 Å². The molecule has 0 spiro atoms. The number of aliphatic hydroxyl groups is 1. The molecule has 3 N–H and O–H groups in total. The van der Waals surface area contributed by atoms with Crippen molar-refractivity contribution in [1.29, 1.82) is 0 Å². The van der Waals surface area contributed by atoms with E-state index in [1.165, 1.54) is 6.07 Å². The van der Waals surface area contributed by atoms with E-state index in [2.05, 4.69) is 0 Å². The number of aliphatic hydroxyl groups excluding tert-OH is 1. The number of ether oxygens (including phenoxy) is 1. The first-order chi connectivity index (χ1) is 11.1.